The number of hydrogen-bond donors (Lipinski definition) is 1. The summed E-state index contributed by atoms with van der Waals surface area (Å²) in [6.07, 6.45) is 1.78. The summed E-state index contributed by atoms with van der Waals surface area (Å²) < 4.78 is 0. The SMILES string of the molecule is CN(C)C(S)c1ccccn1. The zero-order valence-corrected chi connectivity index (χ0v) is 7.62. The van der Waals surface area contributed by atoms with Gasteiger partial charge >= 0.3 is 0 Å². The van der Waals surface area contributed by atoms with Crippen LogP contribution in [0.5, 0.6) is 0 Å². The van der Waals surface area contributed by atoms with Crippen molar-refractivity contribution in [2.75, 3.05) is 14.1 Å². The molecule has 1 unspecified atom stereocenters. The standard InChI is InChI=1S/C8H12N2S/c1-10(2)8(11)7-5-3-4-6-9-7/h3-6,8,11H,1-2H3. The molecular formula is C8H12N2S. The van der Waals surface area contributed by atoms with Gasteiger partial charge in [0.15, 0.2) is 0 Å². The summed E-state index contributed by atoms with van der Waals surface area (Å²) in [5.74, 6) is 0. The smallest absolute Gasteiger partial charge is 0.0953 e. The highest BCUT2D eigenvalue weighted by molar-refractivity contribution is 7.80. The van der Waals surface area contributed by atoms with Gasteiger partial charge in [-0.15, -0.1) is 0 Å². The Balaban J connectivity index is 2.77. The van der Waals surface area contributed by atoms with Crippen LogP contribution in [0, 0.1) is 0 Å². The second-order valence-corrected chi connectivity index (χ2v) is 3.08. The lowest BCUT2D eigenvalue weighted by Crippen LogP contribution is -2.15. The average molecular weight is 168 g/mol. The maximum absolute atomic E-state index is 4.38. The van der Waals surface area contributed by atoms with Crippen LogP contribution in [0.2, 0.25) is 0 Å². The summed E-state index contributed by atoms with van der Waals surface area (Å²) in [5.41, 5.74) is 0.987. The van der Waals surface area contributed by atoms with Crippen LogP contribution in [0.15, 0.2) is 24.4 Å². The first kappa shape index (κ1) is 8.56. The molecule has 1 aromatic rings. The van der Waals surface area contributed by atoms with Crippen LogP contribution in [0.25, 0.3) is 0 Å². The van der Waals surface area contributed by atoms with Gasteiger partial charge in [-0.2, -0.15) is 12.6 Å². The van der Waals surface area contributed by atoms with Crippen molar-refractivity contribution in [1.82, 2.24) is 9.88 Å². The fourth-order valence-corrected chi connectivity index (χ4v) is 0.946. The Morgan fingerprint density at radius 3 is 2.64 bits per heavy atom. The van der Waals surface area contributed by atoms with Crippen molar-refractivity contribution in [3.63, 3.8) is 0 Å². The minimum atomic E-state index is 0.0937. The van der Waals surface area contributed by atoms with Crippen molar-refractivity contribution in [1.29, 1.82) is 0 Å². The fraction of sp³-hybridized carbons (Fsp3) is 0.375. The number of nitrogens with zero attached hydrogens (tertiary/aromatic N) is 2. The van der Waals surface area contributed by atoms with E-state index in [0.29, 0.717) is 0 Å². The molecule has 0 amide bonds. The van der Waals surface area contributed by atoms with E-state index in [4.69, 9.17) is 0 Å². The van der Waals surface area contributed by atoms with Gasteiger partial charge in [0.2, 0.25) is 0 Å². The van der Waals surface area contributed by atoms with Gasteiger partial charge in [0.1, 0.15) is 0 Å². The van der Waals surface area contributed by atoms with E-state index < -0.39 is 0 Å². The third kappa shape index (κ3) is 2.20. The second kappa shape index (κ2) is 3.74. The molecule has 11 heavy (non-hydrogen) atoms. The minimum Gasteiger partial charge on any atom is -0.293 e. The van der Waals surface area contributed by atoms with Gasteiger partial charge in [-0.25, -0.2) is 0 Å². The van der Waals surface area contributed by atoms with Crippen LogP contribution >= 0.6 is 12.6 Å². The maximum atomic E-state index is 4.38. The van der Waals surface area contributed by atoms with Gasteiger partial charge in [-0.05, 0) is 26.2 Å². The van der Waals surface area contributed by atoms with Crippen molar-refractivity contribution in [3.8, 4) is 0 Å². The third-order valence-corrected chi connectivity index (χ3v) is 2.17. The first-order chi connectivity index (χ1) is 5.22. The van der Waals surface area contributed by atoms with Crippen molar-refractivity contribution >= 4 is 12.6 Å². The molecule has 0 aliphatic heterocycles. The van der Waals surface area contributed by atoms with E-state index >= 15 is 0 Å². The molecule has 1 heterocycles. The van der Waals surface area contributed by atoms with Gasteiger partial charge in [-0.3, -0.25) is 9.88 Å². The molecule has 2 nitrogen and oxygen atoms in total. The molecule has 0 aliphatic rings. The van der Waals surface area contributed by atoms with E-state index in [9.17, 15) is 0 Å². The molecule has 0 bridgehead atoms. The second-order valence-electron chi connectivity index (χ2n) is 2.59. The van der Waals surface area contributed by atoms with Gasteiger partial charge in [0.25, 0.3) is 0 Å². The average Bonchev–Trinajstić information content (AvgIpc) is 2.05. The van der Waals surface area contributed by atoms with E-state index in [1.54, 1.807) is 6.20 Å². The van der Waals surface area contributed by atoms with E-state index in [2.05, 4.69) is 17.6 Å². The highest BCUT2D eigenvalue weighted by Gasteiger charge is 2.07. The van der Waals surface area contributed by atoms with E-state index in [1.165, 1.54) is 0 Å². The number of aromatic nitrogens is 1. The van der Waals surface area contributed by atoms with Crippen LogP contribution in [0.4, 0.5) is 0 Å². The lowest BCUT2D eigenvalue weighted by atomic mass is 10.3. The predicted molar refractivity (Wildman–Crippen MR) is 49.7 cm³/mol. The predicted octanol–water partition coefficient (Wildman–Crippen LogP) is 1.57. The lowest BCUT2D eigenvalue weighted by Gasteiger charge is -2.17. The Morgan fingerprint density at radius 2 is 2.18 bits per heavy atom. The minimum absolute atomic E-state index is 0.0937. The molecule has 0 saturated carbocycles. The normalized spacial score (nSPS) is 13.5. The molecule has 3 heteroatoms. The van der Waals surface area contributed by atoms with Crippen LogP contribution in [-0.4, -0.2) is 24.0 Å². The van der Waals surface area contributed by atoms with E-state index in [1.807, 2.05) is 37.2 Å². The molecule has 0 aliphatic carbocycles. The monoisotopic (exact) mass is 168 g/mol. The first-order valence-electron chi connectivity index (χ1n) is 3.47. The van der Waals surface area contributed by atoms with Crippen molar-refractivity contribution in [3.05, 3.63) is 30.1 Å². The van der Waals surface area contributed by atoms with Gasteiger partial charge in [-0.1, -0.05) is 6.07 Å². The largest absolute Gasteiger partial charge is 0.293 e. The Kier molecular flexibility index (Phi) is 2.91. The molecule has 0 saturated heterocycles. The van der Waals surface area contributed by atoms with Crippen molar-refractivity contribution < 1.29 is 0 Å². The fourth-order valence-electron chi connectivity index (χ4n) is 0.793. The zero-order chi connectivity index (χ0) is 8.27. The van der Waals surface area contributed by atoms with Crippen molar-refractivity contribution in [2.24, 2.45) is 0 Å². The number of rotatable bonds is 2. The first-order valence-corrected chi connectivity index (χ1v) is 3.99. The third-order valence-electron chi connectivity index (χ3n) is 1.44. The maximum Gasteiger partial charge on any atom is 0.0953 e. The van der Waals surface area contributed by atoms with Crippen LogP contribution in [0.3, 0.4) is 0 Å². The Labute approximate surface area is 72.7 Å². The molecular weight excluding hydrogens is 156 g/mol. The summed E-state index contributed by atoms with van der Waals surface area (Å²) in [4.78, 5) is 6.19. The summed E-state index contributed by atoms with van der Waals surface area (Å²) in [5, 5.41) is 0.0937. The van der Waals surface area contributed by atoms with Gasteiger partial charge in [0, 0.05) is 6.20 Å². The highest BCUT2D eigenvalue weighted by Crippen LogP contribution is 2.18. The molecule has 1 aromatic heterocycles. The molecule has 0 spiro atoms. The molecule has 60 valence electrons. The topological polar surface area (TPSA) is 16.1 Å². The van der Waals surface area contributed by atoms with Crippen LogP contribution in [-0.2, 0) is 0 Å². The molecule has 1 rings (SSSR count). The lowest BCUT2D eigenvalue weighted by molar-refractivity contribution is 0.388. The Morgan fingerprint density at radius 1 is 1.45 bits per heavy atom. The molecule has 0 fully saturated rings. The number of hydrogen-bond acceptors (Lipinski definition) is 3. The molecule has 0 aromatic carbocycles. The zero-order valence-electron chi connectivity index (χ0n) is 6.73. The van der Waals surface area contributed by atoms with E-state index in [0.717, 1.165) is 5.69 Å². The summed E-state index contributed by atoms with van der Waals surface area (Å²) in [7, 11) is 3.96. The molecule has 0 radical (unpaired) electrons. The Hall–Kier alpha value is -0.540. The number of pyridine rings is 1. The molecule has 0 N–H and O–H groups in total. The number of thiol groups is 1. The van der Waals surface area contributed by atoms with Crippen LogP contribution < -0.4 is 0 Å². The van der Waals surface area contributed by atoms with Gasteiger partial charge in [0.05, 0.1) is 11.1 Å². The quantitative estimate of drug-likeness (QED) is 0.533. The Bertz CT molecular complexity index is 211. The van der Waals surface area contributed by atoms with Crippen LogP contribution in [0.1, 0.15) is 11.1 Å². The molecule has 1 atom stereocenters. The summed E-state index contributed by atoms with van der Waals surface area (Å²) in [6, 6.07) is 5.84. The van der Waals surface area contributed by atoms with Gasteiger partial charge < -0.3 is 0 Å². The summed E-state index contributed by atoms with van der Waals surface area (Å²) >= 11 is 4.38. The van der Waals surface area contributed by atoms with E-state index in [-0.39, 0.29) is 5.37 Å². The van der Waals surface area contributed by atoms with Crippen molar-refractivity contribution in [2.45, 2.75) is 5.37 Å². The summed E-state index contributed by atoms with van der Waals surface area (Å²) in [6.45, 7) is 0. The highest BCUT2D eigenvalue weighted by atomic mass is 32.1.